The normalized spacial score (nSPS) is 12.7. The zero-order chi connectivity index (χ0) is 14.0. The van der Waals surface area contributed by atoms with Crippen molar-refractivity contribution in [3.05, 3.63) is 49.0 Å². The van der Waals surface area contributed by atoms with Crippen LogP contribution < -0.4 is 4.74 Å². The van der Waals surface area contributed by atoms with Crippen molar-refractivity contribution in [1.82, 2.24) is 0 Å². The van der Waals surface area contributed by atoms with Gasteiger partial charge in [-0.2, -0.15) is 8.78 Å². The third-order valence-electron chi connectivity index (χ3n) is 2.35. The Hall–Kier alpha value is -0.170. The smallest absolute Gasteiger partial charge is 0.387 e. The highest BCUT2D eigenvalue weighted by molar-refractivity contribution is 9.12. The van der Waals surface area contributed by atoms with Gasteiger partial charge in [0.25, 0.3) is 0 Å². The van der Waals surface area contributed by atoms with Crippen LogP contribution in [0.25, 0.3) is 0 Å². The van der Waals surface area contributed by atoms with E-state index in [4.69, 9.17) is 11.6 Å². The molecule has 0 saturated carbocycles. The van der Waals surface area contributed by atoms with Crippen LogP contribution in [0.2, 0.25) is 0 Å². The Morgan fingerprint density at radius 1 is 1.16 bits per heavy atom. The molecule has 1 atom stereocenters. The van der Waals surface area contributed by atoms with Crippen molar-refractivity contribution in [2.45, 2.75) is 12.0 Å². The maximum absolute atomic E-state index is 12.0. The van der Waals surface area contributed by atoms with Crippen LogP contribution in [0.3, 0.4) is 0 Å². The van der Waals surface area contributed by atoms with E-state index in [1.54, 1.807) is 12.1 Å². The molecule has 0 aliphatic heterocycles. The number of hydrogen-bond acceptors (Lipinski definition) is 2. The van der Waals surface area contributed by atoms with E-state index < -0.39 is 6.61 Å². The van der Waals surface area contributed by atoms with E-state index in [0.29, 0.717) is 0 Å². The first-order valence-corrected chi connectivity index (χ1v) is 7.95. The van der Waals surface area contributed by atoms with Crippen LogP contribution in [0, 0.1) is 0 Å². The number of alkyl halides is 3. The summed E-state index contributed by atoms with van der Waals surface area (Å²) in [6.45, 7) is -2.82. The molecule has 7 heteroatoms. The number of thiophene rings is 1. The molecular formula is C12H7Br2ClF2OS. The van der Waals surface area contributed by atoms with Crippen LogP contribution in [0.5, 0.6) is 5.75 Å². The van der Waals surface area contributed by atoms with E-state index in [1.165, 1.54) is 23.5 Å². The van der Waals surface area contributed by atoms with Gasteiger partial charge in [-0.15, -0.1) is 22.9 Å². The molecule has 0 fully saturated rings. The van der Waals surface area contributed by atoms with Crippen LogP contribution in [0.4, 0.5) is 8.78 Å². The molecule has 1 aromatic carbocycles. The first kappa shape index (κ1) is 15.2. The molecule has 2 aromatic rings. The second-order valence-electron chi connectivity index (χ2n) is 3.59. The number of ether oxygens (including phenoxy) is 1. The van der Waals surface area contributed by atoms with E-state index >= 15 is 0 Å². The third-order valence-corrected chi connectivity index (χ3v) is 5.23. The zero-order valence-corrected chi connectivity index (χ0v) is 14.0. The van der Waals surface area contributed by atoms with Crippen LogP contribution >= 0.6 is 54.8 Å². The molecule has 0 radical (unpaired) electrons. The molecule has 0 spiro atoms. The molecule has 2 rings (SSSR count). The predicted molar refractivity (Wildman–Crippen MR) is 80.5 cm³/mol. The summed E-state index contributed by atoms with van der Waals surface area (Å²) in [6.07, 6.45) is 0. The molecule has 0 N–H and O–H groups in total. The topological polar surface area (TPSA) is 9.23 Å². The minimum atomic E-state index is -2.82. The van der Waals surface area contributed by atoms with Gasteiger partial charge >= 0.3 is 6.61 Å². The van der Waals surface area contributed by atoms with Crippen molar-refractivity contribution in [3.63, 3.8) is 0 Å². The number of hydrogen-bond donors (Lipinski definition) is 0. The van der Waals surface area contributed by atoms with Gasteiger partial charge in [0, 0.05) is 5.56 Å². The lowest BCUT2D eigenvalue weighted by atomic mass is 10.1. The molecule has 0 saturated heterocycles. The molecule has 1 heterocycles. The van der Waals surface area contributed by atoms with E-state index in [1.807, 2.05) is 6.07 Å². The minimum absolute atomic E-state index is 0.119. The van der Waals surface area contributed by atoms with E-state index in [0.717, 1.165) is 18.7 Å². The molecule has 1 aromatic heterocycles. The van der Waals surface area contributed by atoms with Gasteiger partial charge in [0.1, 0.15) is 5.75 Å². The molecule has 102 valence electrons. The van der Waals surface area contributed by atoms with Crippen LogP contribution in [0.1, 0.15) is 16.5 Å². The molecule has 19 heavy (non-hydrogen) atoms. The Bertz CT molecular complexity index is 559. The summed E-state index contributed by atoms with van der Waals surface area (Å²) in [7, 11) is 0. The van der Waals surface area contributed by atoms with E-state index in [-0.39, 0.29) is 11.1 Å². The highest BCUT2D eigenvalue weighted by Crippen LogP contribution is 2.41. The molecule has 0 amide bonds. The lowest BCUT2D eigenvalue weighted by Crippen LogP contribution is -2.02. The van der Waals surface area contributed by atoms with Gasteiger partial charge in [0.15, 0.2) is 0 Å². The summed E-state index contributed by atoms with van der Waals surface area (Å²) in [6, 6.07) is 8.23. The second kappa shape index (κ2) is 6.52. The fourth-order valence-electron chi connectivity index (χ4n) is 1.52. The van der Waals surface area contributed by atoms with Crippen molar-refractivity contribution in [1.29, 1.82) is 0 Å². The lowest BCUT2D eigenvalue weighted by molar-refractivity contribution is -0.0498. The van der Waals surface area contributed by atoms with Crippen molar-refractivity contribution in [2.24, 2.45) is 0 Å². The first-order valence-electron chi connectivity index (χ1n) is 5.11. The highest BCUT2D eigenvalue weighted by Gasteiger charge is 2.17. The number of rotatable bonds is 4. The average Bonchev–Trinajstić information content (AvgIpc) is 2.68. The molecule has 0 aliphatic rings. The second-order valence-corrected chi connectivity index (χ2v) is 7.78. The first-order chi connectivity index (χ1) is 8.97. The van der Waals surface area contributed by atoms with Crippen molar-refractivity contribution in [2.75, 3.05) is 0 Å². The Balaban J connectivity index is 2.20. The third kappa shape index (κ3) is 3.90. The Kier molecular flexibility index (Phi) is 5.22. The van der Waals surface area contributed by atoms with Gasteiger partial charge in [0.05, 0.1) is 12.9 Å². The molecule has 0 bridgehead atoms. The molecular weight excluding hydrogens is 425 g/mol. The van der Waals surface area contributed by atoms with Gasteiger partial charge in [-0.05, 0) is 55.6 Å². The quantitative estimate of drug-likeness (QED) is 0.523. The van der Waals surface area contributed by atoms with Gasteiger partial charge in [-0.3, -0.25) is 0 Å². The van der Waals surface area contributed by atoms with Crippen LogP contribution in [-0.4, -0.2) is 6.61 Å². The zero-order valence-electron chi connectivity index (χ0n) is 9.25. The number of halogens is 5. The fourth-order valence-corrected chi connectivity index (χ4v) is 4.94. The molecule has 1 unspecified atom stereocenters. The SMILES string of the molecule is FC(F)Oc1ccc(C(Cl)c2cc(Br)sc2Br)cc1. The van der Waals surface area contributed by atoms with Gasteiger partial charge in [-0.1, -0.05) is 12.1 Å². The van der Waals surface area contributed by atoms with Crippen molar-refractivity contribution < 1.29 is 13.5 Å². The maximum atomic E-state index is 12.0. The fraction of sp³-hybridized carbons (Fsp3) is 0.167. The van der Waals surface area contributed by atoms with Gasteiger partial charge in [0.2, 0.25) is 0 Å². The van der Waals surface area contributed by atoms with Gasteiger partial charge in [-0.25, -0.2) is 0 Å². The Morgan fingerprint density at radius 3 is 2.26 bits per heavy atom. The molecule has 1 nitrogen and oxygen atoms in total. The summed E-state index contributed by atoms with van der Waals surface area (Å²) >= 11 is 14.7. The summed E-state index contributed by atoms with van der Waals surface area (Å²) in [4.78, 5) is 0. The largest absolute Gasteiger partial charge is 0.435 e. The standard InChI is InChI=1S/C12H7Br2ClF2OS/c13-9-5-8(11(14)19-9)10(15)6-1-3-7(4-2-6)18-12(16)17/h1-5,10,12H. The van der Waals surface area contributed by atoms with E-state index in [9.17, 15) is 8.78 Å². The summed E-state index contributed by atoms with van der Waals surface area (Å²) in [5.74, 6) is 0.119. The lowest BCUT2D eigenvalue weighted by Gasteiger charge is -2.10. The Morgan fingerprint density at radius 2 is 1.79 bits per heavy atom. The van der Waals surface area contributed by atoms with Crippen molar-refractivity contribution >= 4 is 54.8 Å². The monoisotopic (exact) mass is 430 g/mol. The van der Waals surface area contributed by atoms with Crippen LogP contribution in [0.15, 0.2) is 37.9 Å². The highest BCUT2D eigenvalue weighted by atomic mass is 79.9. The number of benzene rings is 1. The molecule has 0 aliphatic carbocycles. The summed E-state index contributed by atoms with van der Waals surface area (Å²) < 4.78 is 30.3. The summed E-state index contributed by atoms with van der Waals surface area (Å²) in [5, 5.41) is -0.350. The summed E-state index contributed by atoms with van der Waals surface area (Å²) in [5.41, 5.74) is 1.75. The maximum Gasteiger partial charge on any atom is 0.387 e. The Labute approximate surface area is 134 Å². The predicted octanol–water partition coefficient (Wildman–Crippen LogP) is 6.20. The van der Waals surface area contributed by atoms with Crippen LogP contribution in [-0.2, 0) is 0 Å². The minimum Gasteiger partial charge on any atom is -0.435 e. The van der Waals surface area contributed by atoms with Crippen molar-refractivity contribution in [3.8, 4) is 5.75 Å². The van der Waals surface area contributed by atoms with Gasteiger partial charge < -0.3 is 4.74 Å². The van der Waals surface area contributed by atoms with E-state index in [2.05, 4.69) is 36.6 Å². The average molecular weight is 433 g/mol.